The van der Waals surface area contributed by atoms with Crippen molar-refractivity contribution in [1.82, 2.24) is 5.32 Å². The summed E-state index contributed by atoms with van der Waals surface area (Å²) in [7, 11) is 0. The molecule has 2 rings (SSSR count). The second kappa shape index (κ2) is 7.85. The van der Waals surface area contributed by atoms with Crippen LogP contribution in [0.25, 0.3) is 0 Å². The molecule has 0 aliphatic rings. The molecule has 0 unspecified atom stereocenters. The number of rotatable bonds is 6. The van der Waals surface area contributed by atoms with E-state index in [2.05, 4.69) is 5.32 Å². The summed E-state index contributed by atoms with van der Waals surface area (Å²) in [4.78, 5) is 12.3. The number of ether oxygens (including phenoxy) is 1. The van der Waals surface area contributed by atoms with Crippen LogP contribution in [0.4, 0.5) is 0 Å². The quantitative estimate of drug-likeness (QED) is 0.859. The average molecular weight is 318 g/mol. The highest BCUT2D eigenvalue weighted by Gasteiger charge is 2.19. The molecule has 0 fully saturated rings. The van der Waals surface area contributed by atoms with Crippen molar-refractivity contribution in [3.8, 4) is 5.75 Å². The van der Waals surface area contributed by atoms with Crippen molar-refractivity contribution in [3.05, 3.63) is 65.2 Å². The predicted octanol–water partition coefficient (Wildman–Crippen LogP) is 4.37. The highest BCUT2D eigenvalue weighted by Crippen LogP contribution is 2.19. The Labute approximate surface area is 136 Å². The van der Waals surface area contributed by atoms with Gasteiger partial charge in [0.2, 0.25) is 0 Å². The lowest BCUT2D eigenvalue weighted by Gasteiger charge is -2.21. The van der Waals surface area contributed by atoms with E-state index >= 15 is 0 Å². The van der Waals surface area contributed by atoms with Gasteiger partial charge in [-0.05, 0) is 43.2 Å². The number of halogens is 1. The molecule has 0 saturated heterocycles. The van der Waals surface area contributed by atoms with Crippen molar-refractivity contribution in [2.24, 2.45) is 0 Å². The number of carbonyl (C=O) groups excluding carboxylic acids is 1. The number of carbonyl (C=O) groups is 1. The van der Waals surface area contributed by atoms with Gasteiger partial charge in [-0.25, -0.2) is 0 Å². The predicted molar refractivity (Wildman–Crippen MR) is 89.2 cm³/mol. The summed E-state index contributed by atoms with van der Waals surface area (Å²) in [5, 5.41) is 3.66. The van der Waals surface area contributed by atoms with Crippen LogP contribution in [-0.4, -0.2) is 12.0 Å². The van der Waals surface area contributed by atoms with Crippen LogP contribution in [0.15, 0.2) is 54.6 Å². The number of amides is 1. The van der Waals surface area contributed by atoms with Gasteiger partial charge in [0.05, 0.1) is 6.04 Å². The van der Waals surface area contributed by atoms with Gasteiger partial charge in [0, 0.05) is 5.02 Å². The van der Waals surface area contributed by atoms with E-state index in [9.17, 15) is 4.79 Å². The molecule has 1 N–H and O–H groups in total. The lowest BCUT2D eigenvalue weighted by molar-refractivity contribution is -0.128. The molecule has 116 valence electrons. The molecule has 0 saturated carbocycles. The Balaban J connectivity index is 1.96. The topological polar surface area (TPSA) is 38.3 Å². The molecule has 2 aromatic rings. The number of hydrogen-bond acceptors (Lipinski definition) is 2. The lowest BCUT2D eigenvalue weighted by atomic mass is 10.0. The van der Waals surface area contributed by atoms with Gasteiger partial charge in [0.15, 0.2) is 6.10 Å². The molecule has 0 aliphatic heterocycles. The second-order valence-electron chi connectivity index (χ2n) is 5.09. The molecule has 2 atom stereocenters. The first kappa shape index (κ1) is 16.4. The molecule has 3 nitrogen and oxygen atoms in total. The van der Waals surface area contributed by atoms with Crippen LogP contribution in [0.2, 0.25) is 5.02 Å². The van der Waals surface area contributed by atoms with Gasteiger partial charge in [0.1, 0.15) is 5.75 Å². The van der Waals surface area contributed by atoms with E-state index in [-0.39, 0.29) is 11.9 Å². The van der Waals surface area contributed by atoms with E-state index in [4.69, 9.17) is 16.3 Å². The Morgan fingerprint density at radius 3 is 2.36 bits per heavy atom. The zero-order valence-electron chi connectivity index (χ0n) is 12.8. The Kier molecular flexibility index (Phi) is 5.84. The smallest absolute Gasteiger partial charge is 0.261 e. The third-order valence-corrected chi connectivity index (χ3v) is 3.67. The molecule has 0 spiro atoms. The molecule has 0 aliphatic carbocycles. The standard InChI is InChI=1S/C18H20ClNO2/c1-3-17(14-7-5-4-6-8-14)20-18(21)13(2)22-16-11-9-15(19)10-12-16/h4-13,17H,3H2,1-2H3,(H,20,21)/t13-,17+/m1/s1. The molecule has 0 heterocycles. The summed E-state index contributed by atoms with van der Waals surface area (Å²) in [5.74, 6) is 0.491. The van der Waals surface area contributed by atoms with Crippen molar-refractivity contribution in [2.45, 2.75) is 32.4 Å². The summed E-state index contributed by atoms with van der Waals surface area (Å²) < 4.78 is 5.64. The van der Waals surface area contributed by atoms with Crippen LogP contribution < -0.4 is 10.1 Å². The van der Waals surface area contributed by atoms with E-state index in [0.29, 0.717) is 10.8 Å². The maximum atomic E-state index is 12.3. The van der Waals surface area contributed by atoms with Crippen molar-refractivity contribution >= 4 is 17.5 Å². The minimum atomic E-state index is -0.570. The third-order valence-electron chi connectivity index (χ3n) is 3.42. The fraction of sp³-hybridized carbons (Fsp3) is 0.278. The Morgan fingerprint density at radius 2 is 1.77 bits per heavy atom. The number of benzene rings is 2. The van der Waals surface area contributed by atoms with Crippen molar-refractivity contribution in [2.75, 3.05) is 0 Å². The van der Waals surface area contributed by atoms with E-state index in [0.717, 1.165) is 12.0 Å². The fourth-order valence-corrected chi connectivity index (χ4v) is 2.29. The molecular formula is C18H20ClNO2. The SMILES string of the molecule is CC[C@H](NC(=O)[C@@H](C)Oc1ccc(Cl)cc1)c1ccccc1. The van der Waals surface area contributed by atoms with Gasteiger partial charge in [-0.2, -0.15) is 0 Å². The van der Waals surface area contributed by atoms with Gasteiger partial charge in [-0.1, -0.05) is 48.9 Å². The highest BCUT2D eigenvalue weighted by molar-refractivity contribution is 6.30. The monoisotopic (exact) mass is 317 g/mol. The summed E-state index contributed by atoms with van der Waals surface area (Å²) in [5.41, 5.74) is 1.09. The van der Waals surface area contributed by atoms with E-state index in [1.165, 1.54) is 0 Å². The van der Waals surface area contributed by atoms with Crippen LogP contribution in [0.3, 0.4) is 0 Å². The Morgan fingerprint density at radius 1 is 1.14 bits per heavy atom. The van der Waals surface area contributed by atoms with E-state index in [1.54, 1.807) is 31.2 Å². The van der Waals surface area contributed by atoms with Gasteiger partial charge >= 0.3 is 0 Å². The molecule has 0 bridgehead atoms. The van der Waals surface area contributed by atoms with Crippen LogP contribution in [0, 0.1) is 0 Å². The molecular weight excluding hydrogens is 298 g/mol. The van der Waals surface area contributed by atoms with Crippen LogP contribution in [0.1, 0.15) is 31.9 Å². The van der Waals surface area contributed by atoms with Crippen molar-refractivity contribution < 1.29 is 9.53 Å². The zero-order valence-corrected chi connectivity index (χ0v) is 13.5. The first-order chi connectivity index (χ1) is 10.6. The average Bonchev–Trinajstić information content (AvgIpc) is 2.55. The first-order valence-electron chi connectivity index (χ1n) is 7.37. The van der Waals surface area contributed by atoms with E-state index < -0.39 is 6.10 Å². The largest absolute Gasteiger partial charge is 0.481 e. The van der Waals surface area contributed by atoms with Crippen molar-refractivity contribution in [3.63, 3.8) is 0 Å². The maximum Gasteiger partial charge on any atom is 0.261 e. The zero-order chi connectivity index (χ0) is 15.9. The minimum Gasteiger partial charge on any atom is -0.481 e. The minimum absolute atomic E-state index is 0.00929. The molecule has 4 heteroatoms. The van der Waals surface area contributed by atoms with Crippen LogP contribution in [0.5, 0.6) is 5.75 Å². The summed E-state index contributed by atoms with van der Waals surface area (Å²) in [6.07, 6.45) is 0.252. The fourth-order valence-electron chi connectivity index (χ4n) is 2.17. The van der Waals surface area contributed by atoms with Crippen molar-refractivity contribution in [1.29, 1.82) is 0 Å². The van der Waals surface area contributed by atoms with Gasteiger partial charge < -0.3 is 10.1 Å². The van der Waals surface area contributed by atoms with Crippen LogP contribution >= 0.6 is 11.6 Å². The molecule has 1 amide bonds. The summed E-state index contributed by atoms with van der Waals surface area (Å²) >= 11 is 5.83. The molecule has 0 aromatic heterocycles. The molecule has 0 radical (unpaired) electrons. The second-order valence-corrected chi connectivity index (χ2v) is 5.53. The summed E-state index contributed by atoms with van der Waals surface area (Å²) in [6, 6.07) is 16.9. The van der Waals surface area contributed by atoms with Gasteiger partial charge in [0.25, 0.3) is 5.91 Å². The number of nitrogens with one attached hydrogen (secondary N) is 1. The highest BCUT2D eigenvalue weighted by atomic mass is 35.5. The Bertz CT molecular complexity index is 598. The third kappa shape index (κ3) is 4.50. The molecule has 22 heavy (non-hydrogen) atoms. The normalized spacial score (nSPS) is 13.2. The maximum absolute atomic E-state index is 12.3. The molecule has 2 aromatic carbocycles. The number of hydrogen-bond donors (Lipinski definition) is 1. The van der Waals surface area contributed by atoms with Gasteiger partial charge in [-0.3, -0.25) is 4.79 Å². The summed E-state index contributed by atoms with van der Waals surface area (Å²) in [6.45, 7) is 3.78. The lowest BCUT2D eigenvalue weighted by Crippen LogP contribution is -2.38. The Hall–Kier alpha value is -2.00. The first-order valence-corrected chi connectivity index (χ1v) is 7.75. The van der Waals surface area contributed by atoms with E-state index in [1.807, 2.05) is 37.3 Å². The van der Waals surface area contributed by atoms with Gasteiger partial charge in [-0.15, -0.1) is 0 Å². The van der Waals surface area contributed by atoms with Crippen LogP contribution in [-0.2, 0) is 4.79 Å².